The minimum atomic E-state index is 0.469. The van der Waals surface area contributed by atoms with Gasteiger partial charge in [0, 0.05) is 10.4 Å². The zero-order chi connectivity index (χ0) is 14.5. The highest BCUT2D eigenvalue weighted by atomic mass is 79.9. The molecule has 20 heavy (non-hydrogen) atoms. The molecule has 1 unspecified atom stereocenters. The highest BCUT2D eigenvalue weighted by molar-refractivity contribution is 9.10. The SMILES string of the molecule is Cc1cc(C)cc(CC(CCl)Cc2ccccc2Br)c1. The van der Waals surface area contributed by atoms with Crippen LogP contribution in [-0.4, -0.2) is 5.88 Å². The minimum absolute atomic E-state index is 0.469. The Kier molecular flexibility index (Phi) is 5.68. The largest absolute Gasteiger partial charge is 0.126 e. The molecule has 0 radical (unpaired) electrons. The highest BCUT2D eigenvalue weighted by Gasteiger charge is 2.12. The molecule has 0 N–H and O–H groups in total. The van der Waals surface area contributed by atoms with Crippen LogP contribution >= 0.6 is 27.5 Å². The second-order valence-electron chi connectivity index (χ2n) is 5.52. The zero-order valence-electron chi connectivity index (χ0n) is 12.0. The van der Waals surface area contributed by atoms with Gasteiger partial charge in [-0.15, -0.1) is 11.6 Å². The molecule has 0 amide bonds. The maximum atomic E-state index is 6.18. The molecule has 0 aliphatic rings. The van der Waals surface area contributed by atoms with Crippen LogP contribution in [-0.2, 0) is 12.8 Å². The topological polar surface area (TPSA) is 0 Å². The Bertz CT molecular complexity index is 557. The smallest absolute Gasteiger partial charge is 0.0258 e. The van der Waals surface area contributed by atoms with Crippen LogP contribution in [0, 0.1) is 19.8 Å². The van der Waals surface area contributed by atoms with Crippen molar-refractivity contribution < 1.29 is 0 Å². The summed E-state index contributed by atoms with van der Waals surface area (Å²) in [5.74, 6) is 1.16. The number of aryl methyl sites for hydroxylation is 2. The Morgan fingerprint density at radius 2 is 1.65 bits per heavy atom. The highest BCUT2D eigenvalue weighted by Crippen LogP contribution is 2.23. The summed E-state index contributed by atoms with van der Waals surface area (Å²) in [5, 5.41) is 0. The summed E-state index contributed by atoms with van der Waals surface area (Å²) < 4.78 is 1.18. The first-order valence-electron chi connectivity index (χ1n) is 6.95. The van der Waals surface area contributed by atoms with E-state index in [-0.39, 0.29) is 0 Å². The molecule has 106 valence electrons. The lowest BCUT2D eigenvalue weighted by Crippen LogP contribution is -2.11. The lowest BCUT2D eigenvalue weighted by atomic mass is 9.92. The van der Waals surface area contributed by atoms with Gasteiger partial charge in [0.05, 0.1) is 0 Å². The molecule has 1 atom stereocenters. The first-order valence-corrected chi connectivity index (χ1v) is 8.28. The third-order valence-corrected chi connectivity index (χ3v) is 4.70. The number of benzene rings is 2. The van der Waals surface area contributed by atoms with Gasteiger partial charge in [-0.25, -0.2) is 0 Å². The van der Waals surface area contributed by atoms with Crippen molar-refractivity contribution in [1.29, 1.82) is 0 Å². The summed E-state index contributed by atoms with van der Waals surface area (Å²) in [4.78, 5) is 0. The molecule has 0 nitrogen and oxygen atoms in total. The molecule has 0 saturated carbocycles. The number of hydrogen-bond donors (Lipinski definition) is 0. The molecule has 0 fully saturated rings. The Balaban J connectivity index is 2.11. The lowest BCUT2D eigenvalue weighted by molar-refractivity contribution is 0.582. The summed E-state index contributed by atoms with van der Waals surface area (Å²) in [6.07, 6.45) is 2.05. The van der Waals surface area contributed by atoms with Gasteiger partial charge in [-0.05, 0) is 49.8 Å². The third kappa shape index (κ3) is 4.36. The molecule has 0 heterocycles. The molecule has 0 aromatic heterocycles. The summed E-state index contributed by atoms with van der Waals surface area (Å²) >= 11 is 9.80. The Hall–Kier alpha value is -0.790. The monoisotopic (exact) mass is 350 g/mol. The quantitative estimate of drug-likeness (QED) is 0.606. The Morgan fingerprint density at radius 3 is 2.25 bits per heavy atom. The summed E-state index contributed by atoms with van der Waals surface area (Å²) in [5.41, 5.74) is 5.38. The molecule has 2 aromatic rings. The molecular formula is C18H20BrCl. The average molecular weight is 352 g/mol. The second kappa shape index (κ2) is 7.28. The van der Waals surface area contributed by atoms with E-state index in [2.05, 4.69) is 66.2 Å². The van der Waals surface area contributed by atoms with Crippen molar-refractivity contribution in [2.45, 2.75) is 26.7 Å². The maximum absolute atomic E-state index is 6.18. The Morgan fingerprint density at radius 1 is 1.00 bits per heavy atom. The van der Waals surface area contributed by atoms with Crippen LogP contribution in [0.5, 0.6) is 0 Å². The molecule has 2 rings (SSSR count). The number of hydrogen-bond acceptors (Lipinski definition) is 0. The van der Waals surface area contributed by atoms with E-state index in [0.29, 0.717) is 11.8 Å². The van der Waals surface area contributed by atoms with Gasteiger partial charge in [-0.2, -0.15) is 0 Å². The van der Waals surface area contributed by atoms with Crippen LogP contribution in [0.25, 0.3) is 0 Å². The molecule has 2 aromatic carbocycles. The van der Waals surface area contributed by atoms with Gasteiger partial charge < -0.3 is 0 Å². The van der Waals surface area contributed by atoms with Gasteiger partial charge in [0.15, 0.2) is 0 Å². The minimum Gasteiger partial charge on any atom is -0.126 e. The van der Waals surface area contributed by atoms with E-state index in [1.807, 2.05) is 6.07 Å². The van der Waals surface area contributed by atoms with E-state index in [4.69, 9.17) is 11.6 Å². The van der Waals surface area contributed by atoms with Crippen LogP contribution in [0.2, 0.25) is 0 Å². The third-order valence-electron chi connectivity index (χ3n) is 3.49. The summed E-state index contributed by atoms with van der Waals surface area (Å²) in [6, 6.07) is 15.2. The van der Waals surface area contributed by atoms with Crippen LogP contribution < -0.4 is 0 Å². The van der Waals surface area contributed by atoms with E-state index < -0.39 is 0 Å². The van der Waals surface area contributed by atoms with Gasteiger partial charge in [0.25, 0.3) is 0 Å². The van der Waals surface area contributed by atoms with Crippen molar-refractivity contribution in [2.24, 2.45) is 5.92 Å². The molecule has 0 aliphatic carbocycles. The van der Waals surface area contributed by atoms with E-state index >= 15 is 0 Å². The van der Waals surface area contributed by atoms with Crippen LogP contribution in [0.3, 0.4) is 0 Å². The first kappa shape index (κ1) is 15.6. The second-order valence-corrected chi connectivity index (χ2v) is 6.68. The number of rotatable bonds is 5. The van der Waals surface area contributed by atoms with Gasteiger partial charge in [0.1, 0.15) is 0 Å². The predicted molar refractivity (Wildman–Crippen MR) is 91.7 cm³/mol. The molecular weight excluding hydrogens is 332 g/mol. The molecule has 0 aliphatic heterocycles. The van der Waals surface area contributed by atoms with Crippen molar-refractivity contribution >= 4 is 27.5 Å². The van der Waals surface area contributed by atoms with Gasteiger partial charge >= 0.3 is 0 Å². The van der Waals surface area contributed by atoms with Crippen molar-refractivity contribution in [3.8, 4) is 0 Å². The summed E-state index contributed by atoms with van der Waals surface area (Å²) in [6.45, 7) is 4.31. The summed E-state index contributed by atoms with van der Waals surface area (Å²) in [7, 11) is 0. The van der Waals surface area contributed by atoms with Gasteiger partial charge in [0.2, 0.25) is 0 Å². The molecule has 0 bridgehead atoms. The van der Waals surface area contributed by atoms with E-state index in [9.17, 15) is 0 Å². The average Bonchev–Trinajstić information content (AvgIpc) is 2.39. The maximum Gasteiger partial charge on any atom is 0.0258 e. The van der Waals surface area contributed by atoms with Crippen molar-refractivity contribution in [3.63, 3.8) is 0 Å². The fraction of sp³-hybridized carbons (Fsp3) is 0.333. The standard InChI is InChI=1S/C18H20BrCl/c1-13-7-14(2)9-15(8-13)10-16(12-20)11-17-5-3-4-6-18(17)19/h3-9,16H,10-12H2,1-2H3. The lowest BCUT2D eigenvalue weighted by Gasteiger charge is -2.16. The first-order chi connectivity index (χ1) is 9.58. The van der Waals surface area contributed by atoms with E-state index in [1.165, 1.54) is 26.7 Å². The van der Waals surface area contributed by atoms with Crippen molar-refractivity contribution in [2.75, 3.05) is 5.88 Å². The van der Waals surface area contributed by atoms with Gasteiger partial charge in [-0.3, -0.25) is 0 Å². The number of halogens is 2. The van der Waals surface area contributed by atoms with Crippen LogP contribution in [0.15, 0.2) is 46.9 Å². The van der Waals surface area contributed by atoms with Crippen molar-refractivity contribution in [1.82, 2.24) is 0 Å². The number of alkyl halides is 1. The molecule has 2 heteroatoms. The fourth-order valence-corrected chi connectivity index (χ4v) is 3.34. The predicted octanol–water partition coefficient (Wildman–Crippen LogP) is 5.71. The van der Waals surface area contributed by atoms with E-state index in [1.54, 1.807) is 0 Å². The zero-order valence-corrected chi connectivity index (χ0v) is 14.3. The van der Waals surface area contributed by atoms with Crippen LogP contribution in [0.1, 0.15) is 22.3 Å². The van der Waals surface area contributed by atoms with E-state index in [0.717, 1.165) is 12.8 Å². The fourth-order valence-electron chi connectivity index (χ4n) is 2.68. The molecule has 0 saturated heterocycles. The normalized spacial score (nSPS) is 12.4. The Labute approximate surface area is 135 Å². The van der Waals surface area contributed by atoms with Crippen molar-refractivity contribution in [3.05, 3.63) is 69.2 Å². The van der Waals surface area contributed by atoms with Crippen LogP contribution in [0.4, 0.5) is 0 Å². The molecule has 0 spiro atoms. The van der Waals surface area contributed by atoms with Gasteiger partial charge in [-0.1, -0.05) is 63.5 Å².